The van der Waals surface area contributed by atoms with Crippen LogP contribution in [-0.4, -0.2) is 55.6 Å². The summed E-state index contributed by atoms with van der Waals surface area (Å²) in [4.78, 5) is 43.2. The number of amides is 1. The molecular formula is C29H29N3O7S. The van der Waals surface area contributed by atoms with E-state index in [-0.39, 0.29) is 22.8 Å². The van der Waals surface area contributed by atoms with Crippen molar-refractivity contribution in [1.82, 2.24) is 9.55 Å². The van der Waals surface area contributed by atoms with Gasteiger partial charge < -0.3 is 24.3 Å². The Labute approximate surface area is 235 Å². The molecule has 1 amide bonds. The van der Waals surface area contributed by atoms with Gasteiger partial charge in [-0.05, 0) is 54.4 Å². The van der Waals surface area contributed by atoms with Gasteiger partial charge in [0.15, 0.2) is 16.7 Å². The Morgan fingerprint density at radius 3 is 2.38 bits per heavy atom. The Morgan fingerprint density at radius 2 is 1.65 bits per heavy atom. The van der Waals surface area contributed by atoms with Gasteiger partial charge in [0.05, 0.1) is 56.3 Å². The molecule has 0 atom stereocenters. The number of rotatable bonds is 11. The van der Waals surface area contributed by atoms with Crippen molar-refractivity contribution in [2.45, 2.75) is 18.1 Å². The van der Waals surface area contributed by atoms with Gasteiger partial charge in [-0.1, -0.05) is 30.0 Å². The third-order valence-corrected chi connectivity index (χ3v) is 7.10. The van der Waals surface area contributed by atoms with Gasteiger partial charge in [-0.2, -0.15) is 0 Å². The lowest BCUT2D eigenvalue weighted by Crippen LogP contribution is -2.25. The molecule has 0 saturated heterocycles. The first-order valence-corrected chi connectivity index (χ1v) is 13.3. The number of aromatic nitrogens is 2. The van der Waals surface area contributed by atoms with Crippen molar-refractivity contribution in [3.8, 4) is 17.2 Å². The molecule has 1 aromatic heterocycles. The molecule has 0 fully saturated rings. The molecule has 10 nitrogen and oxygen atoms in total. The van der Waals surface area contributed by atoms with Crippen molar-refractivity contribution in [2.24, 2.45) is 0 Å². The van der Waals surface area contributed by atoms with Crippen LogP contribution in [0.4, 0.5) is 5.69 Å². The lowest BCUT2D eigenvalue weighted by atomic mass is 10.1. The fourth-order valence-corrected chi connectivity index (χ4v) is 4.92. The first-order chi connectivity index (χ1) is 19.4. The number of hydrogen-bond donors (Lipinski definition) is 1. The van der Waals surface area contributed by atoms with Crippen LogP contribution in [0.1, 0.15) is 15.9 Å². The quantitative estimate of drug-likeness (QED) is 0.163. The van der Waals surface area contributed by atoms with Gasteiger partial charge >= 0.3 is 5.97 Å². The highest BCUT2D eigenvalue weighted by Gasteiger charge is 2.17. The van der Waals surface area contributed by atoms with E-state index in [1.165, 1.54) is 30.9 Å². The Kier molecular flexibility index (Phi) is 9.28. The zero-order valence-corrected chi connectivity index (χ0v) is 23.4. The van der Waals surface area contributed by atoms with E-state index in [0.717, 1.165) is 17.3 Å². The van der Waals surface area contributed by atoms with Crippen molar-refractivity contribution in [2.75, 3.05) is 39.5 Å². The summed E-state index contributed by atoms with van der Waals surface area (Å²) in [5.41, 5.74) is 1.79. The molecule has 0 radical (unpaired) electrons. The average molecular weight is 564 g/mol. The SMILES string of the molecule is COC(=O)c1ccc2c(=O)n(CCc3ccc(OC)c(OC)c3)c(SCC(=O)Nc3ccccc3OC)nc2c1. The van der Waals surface area contributed by atoms with Crippen molar-refractivity contribution in [3.63, 3.8) is 0 Å². The number of aryl methyl sites for hydroxylation is 1. The van der Waals surface area contributed by atoms with Gasteiger partial charge in [0, 0.05) is 6.54 Å². The van der Waals surface area contributed by atoms with Crippen LogP contribution in [0.3, 0.4) is 0 Å². The summed E-state index contributed by atoms with van der Waals surface area (Å²) in [6.07, 6.45) is 0.495. The highest BCUT2D eigenvalue weighted by Crippen LogP contribution is 2.28. The lowest BCUT2D eigenvalue weighted by Gasteiger charge is -2.15. The van der Waals surface area contributed by atoms with Gasteiger partial charge in [0.2, 0.25) is 5.91 Å². The first-order valence-electron chi connectivity index (χ1n) is 12.3. The average Bonchev–Trinajstić information content (AvgIpc) is 2.99. The number of hydrogen-bond acceptors (Lipinski definition) is 9. The topological polar surface area (TPSA) is 118 Å². The number of methoxy groups -OCH3 is 4. The predicted octanol–water partition coefficient (Wildman–Crippen LogP) is 4.18. The Hall–Kier alpha value is -4.51. The second kappa shape index (κ2) is 13.0. The zero-order chi connectivity index (χ0) is 28.6. The summed E-state index contributed by atoms with van der Waals surface area (Å²) in [5, 5.41) is 3.52. The normalized spacial score (nSPS) is 10.7. The number of carbonyl (C=O) groups is 2. The monoisotopic (exact) mass is 563 g/mol. The molecule has 0 bridgehead atoms. The van der Waals surface area contributed by atoms with Crippen LogP contribution in [0, 0.1) is 0 Å². The third-order valence-electron chi connectivity index (χ3n) is 6.13. The molecule has 0 aliphatic rings. The van der Waals surface area contributed by atoms with Gasteiger partial charge in [-0.3, -0.25) is 14.2 Å². The maximum atomic E-state index is 13.6. The maximum absolute atomic E-state index is 13.6. The number of carbonyl (C=O) groups excluding carboxylic acids is 2. The molecule has 0 aliphatic heterocycles. The van der Waals surface area contributed by atoms with Crippen molar-refractivity contribution in [3.05, 3.63) is 82.1 Å². The fourth-order valence-electron chi connectivity index (χ4n) is 4.09. The van der Waals surface area contributed by atoms with Gasteiger partial charge in [-0.25, -0.2) is 9.78 Å². The standard InChI is InChI=1S/C29H29N3O7S/c1-36-23-8-6-5-7-21(23)30-26(33)17-40-29-31-22-16-19(28(35)39-4)10-11-20(22)27(34)32(29)14-13-18-9-12-24(37-2)25(15-18)38-3/h5-12,15-16H,13-14,17H2,1-4H3,(H,30,33). The minimum atomic E-state index is -0.535. The molecule has 0 unspecified atom stereocenters. The van der Waals surface area contributed by atoms with E-state index in [1.807, 2.05) is 24.3 Å². The molecule has 0 aliphatic carbocycles. The van der Waals surface area contributed by atoms with Crippen LogP contribution in [0.2, 0.25) is 0 Å². The second-order valence-corrected chi connectivity index (χ2v) is 9.49. The molecule has 208 valence electrons. The number of ether oxygens (including phenoxy) is 4. The number of fused-ring (bicyclic) bond motifs is 1. The minimum Gasteiger partial charge on any atom is -0.495 e. The van der Waals surface area contributed by atoms with Crippen LogP contribution in [0.25, 0.3) is 10.9 Å². The number of thioether (sulfide) groups is 1. The van der Waals surface area contributed by atoms with Crippen LogP contribution in [0.5, 0.6) is 17.2 Å². The second-order valence-electron chi connectivity index (χ2n) is 8.55. The van der Waals surface area contributed by atoms with Crippen molar-refractivity contribution in [1.29, 1.82) is 0 Å². The number of esters is 1. The third kappa shape index (κ3) is 6.37. The Morgan fingerprint density at radius 1 is 0.900 bits per heavy atom. The van der Waals surface area contributed by atoms with Gasteiger partial charge in [0.25, 0.3) is 5.56 Å². The van der Waals surface area contributed by atoms with E-state index in [0.29, 0.717) is 52.0 Å². The molecule has 40 heavy (non-hydrogen) atoms. The number of nitrogens with one attached hydrogen (secondary N) is 1. The molecular weight excluding hydrogens is 534 g/mol. The summed E-state index contributed by atoms with van der Waals surface area (Å²) in [6.45, 7) is 0.298. The van der Waals surface area contributed by atoms with E-state index in [4.69, 9.17) is 18.9 Å². The predicted molar refractivity (Wildman–Crippen MR) is 153 cm³/mol. The van der Waals surface area contributed by atoms with E-state index in [2.05, 4.69) is 10.3 Å². The summed E-state index contributed by atoms with van der Waals surface area (Å²) < 4.78 is 22.4. The molecule has 3 aromatic carbocycles. The van der Waals surface area contributed by atoms with Gasteiger partial charge in [-0.15, -0.1) is 0 Å². The van der Waals surface area contributed by atoms with Crippen LogP contribution < -0.4 is 25.1 Å². The summed E-state index contributed by atoms with van der Waals surface area (Å²) in [6, 6.07) is 17.3. The first kappa shape index (κ1) is 28.5. The van der Waals surface area contributed by atoms with Crippen LogP contribution >= 0.6 is 11.8 Å². The smallest absolute Gasteiger partial charge is 0.337 e. The van der Waals surface area contributed by atoms with Gasteiger partial charge in [0.1, 0.15) is 5.75 Å². The van der Waals surface area contributed by atoms with E-state index >= 15 is 0 Å². The molecule has 4 rings (SSSR count). The molecule has 1 heterocycles. The van der Waals surface area contributed by atoms with E-state index in [9.17, 15) is 14.4 Å². The Bertz CT molecular complexity index is 1600. The molecule has 4 aromatic rings. The summed E-state index contributed by atoms with van der Waals surface area (Å²) >= 11 is 1.12. The summed E-state index contributed by atoms with van der Waals surface area (Å²) in [7, 11) is 5.94. The van der Waals surface area contributed by atoms with Crippen molar-refractivity contribution >= 4 is 40.2 Å². The summed E-state index contributed by atoms with van der Waals surface area (Å²) in [5.74, 6) is 0.886. The van der Waals surface area contributed by atoms with Crippen LogP contribution in [-0.2, 0) is 22.5 Å². The zero-order valence-electron chi connectivity index (χ0n) is 22.6. The fraction of sp³-hybridized carbons (Fsp3) is 0.241. The highest BCUT2D eigenvalue weighted by molar-refractivity contribution is 7.99. The molecule has 0 saturated carbocycles. The molecule has 0 spiro atoms. The number of benzene rings is 3. The Balaban J connectivity index is 1.65. The number of anilines is 1. The maximum Gasteiger partial charge on any atom is 0.337 e. The number of para-hydroxylation sites is 2. The largest absolute Gasteiger partial charge is 0.495 e. The number of nitrogens with zero attached hydrogens (tertiary/aromatic N) is 2. The molecule has 1 N–H and O–H groups in total. The molecule has 11 heteroatoms. The van der Waals surface area contributed by atoms with E-state index < -0.39 is 5.97 Å². The van der Waals surface area contributed by atoms with Crippen molar-refractivity contribution < 1.29 is 28.5 Å². The highest BCUT2D eigenvalue weighted by atomic mass is 32.2. The minimum absolute atomic E-state index is 0.0109. The van der Waals surface area contributed by atoms with E-state index in [1.54, 1.807) is 38.5 Å². The van der Waals surface area contributed by atoms with Crippen LogP contribution in [0.15, 0.2) is 70.6 Å². The lowest BCUT2D eigenvalue weighted by molar-refractivity contribution is -0.113.